The zero-order valence-electron chi connectivity index (χ0n) is 2.73. The van der Waals surface area contributed by atoms with Gasteiger partial charge in [0, 0.05) is 11.6 Å². The average Bonchev–Trinajstić information content (AvgIpc) is 0.811. The molecule has 0 aliphatic carbocycles. The molecule has 0 unspecified atom stereocenters. The smallest absolute Gasteiger partial charge is 0.401 e. The Morgan fingerprint density at radius 1 is 1.50 bits per heavy atom. The fourth-order valence-corrected chi connectivity index (χ4v) is 0. The maximum atomic E-state index is 8.77. The van der Waals surface area contributed by atoms with E-state index in [4.69, 9.17) is 9.90 Å². The Hall–Kier alpha value is 0.460. The third-order valence-electron chi connectivity index (χ3n) is 0. The van der Waals surface area contributed by atoms with Gasteiger partial charge in [-0.2, -0.15) is 27.0 Å². The van der Waals surface area contributed by atoms with Gasteiger partial charge in [0.05, 0.1) is 0 Å². The van der Waals surface area contributed by atoms with Gasteiger partial charge in [-0.3, -0.25) is 0 Å². The van der Waals surface area contributed by atoms with Crippen molar-refractivity contribution in [3.63, 3.8) is 0 Å². The minimum Gasteiger partial charge on any atom is -0.469 e. The lowest BCUT2D eigenvalue weighted by atomic mass is 11.6. The summed E-state index contributed by atoms with van der Waals surface area (Å²) in [5.41, 5.74) is -1.36. The van der Waals surface area contributed by atoms with Gasteiger partial charge in [-0.1, -0.05) is 0 Å². The van der Waals surface area contributed by atoms with Crippen LogP contribution in [-0.4, -0.2) is 10.5 Å². The molecule has 0 radical (unpaired) electrons. The summed E-state index contributed by atoms with van der Waals surface area (Å²) in [4.78, 5) is 8.77. The highest BCUT2D eigenvalue weighted by Crippen LogP contribution is 1.67. The molecule has 0 aromatic rings. The number of rotatable bonds is 0. The molecule has 0 spiro atoms. The van der Waals surface area contributed by atoms with Crippen molar-refractivity contribution in [2.75, 3.05) is 0 Å². The molecule has 0 saturated carbocycles. The summed E-state index contributed by atoms with van der Waals surface area (Å²) in [6.45, 7) is 0. The first-order chi connectivity index (χ1) is 1.73. The van der Waals surface area contributed by atoms with Crippen LogP contribution in [0.1, 0.15) is 0 Å². The van der Waals surface area contributed by atoms with Gasteiger partial charge in [0.25, 0.3) is 0 Å². The molecule has 0 fully saturated rings. The summed E-state index contributed by atoms with van der Waals surface area (Å²) < 4.78 is 0. The largest absolute Gasteiger partial charge is 0.469 e. The first-order valence-corrected chi connectivity index (χ1v) is 0.995. The van der Waals surface area contributed by atoms with Gasteiger partial charge in [0.1, 0.15) is 0 Å². The van der Waals surface area contributed by atoms with Gasteiger partial charge in [-0.25, -0.2) is 4.79 Å². The summed E-state index contributed by atoms with van der Waals surface area (Å²) >= 11 is 4.19. The number of carboxylic acid groups (broad SMARTS) is 1. The van der Waals surface area contributed by atoms with Crippen LogP contribution in [0.25, 0.3) is 0 Å². The van der Waals surface area contributed by atoms with Gasteiger partial charge in [-0.05, 0) is 0 Å². The van der Waals surface area contributed by atoms with Crippen LogP contribution in [0.3, 0.4) is 0 Å². The standard InChI is InChI=1S/CHClO2.2H2S/c2-1(3)4;;/h(H,3,4);2*1H2. The van der Waals surface area contributed by atoms with E-state index in [1.54, 1.807) is 0 Å². The predicted octanol–water partition coefficient (Wildman–Crippen LogP) is 1.13. The first-order valence-electron chi connectivity index (χ1n) is 0.617. The molecule has 0 saturated heterocycles. The molecule has 0 atom stereocenters. The highest BCUT2D eigenvalue weighted by atomic mass is 35.5. The fraction of sp³-hybridized carbons (Fsp3) is 0. The van der Waals surface area contributed by atoms with Gasteiger partial charge < -0.3 is 5.11 Å². The van der Waals surface area contributed by atoms with Crippen molar-refractivity contribution in [1.29, 1.82) is 0 Å². The van der Waals surface area contributed by atoms with Crippen molar-refractivity contribution in [3.05, 3.63) is 0 Å². The molecule has 0 aliphatic rings. The van der Waals surface area contributed by atoms with E-state index in [2.05, 4.69) is 11.6 Å². The van der Waals surface area contributed by atoms with Gasteiger partial charge >= 0.3 is 5.43 Å². The lowest BCUT2D eigenvalue weighted by Gasteiger charge is -1.55. The van der Waals surface area contributed by atoms with E-state index in [0.29, 0.717) is 0 Å². The van der Waals surface area contributed by atoms with Gasteiger partial charge in [0.15, 0.2) is 0 Å². The maximum Gasteiger partial charge on any atom is 0.401 e. The molecule has 2 nitrogen and oxygen atoms in total. The van der Waals surface area contributed by atoms with Gasteiger partial charge in [0.2, 0.25) is 0 Å². The summed E-state index contributed by atoms with van der Waals surface area (Å²) in [5.74, 6) is 0. The highest BCUT2D eigenvalue weighted by molar-refractivity contribution is 7.59. The average molecular weight is 149 g/mol. The molecule has 5 heteroatoms. The number of hydrogen-bond donors (Lipinski definition) is 1. The van der Waals surface area contributed by atoms with E-state index in [0.717, 1.165) is 0 Å². The Morgan fingerprint density at radius 3 is 1.50 bits per heavy atom. The summed E-state index contributed by atoms with van der Waals surface area (Å²) in [5, 5.41) is 7.18. The fourth-order valence-electron chi connectivity index (χ4n) is 0. The SMILES string of the molecule is O=C(O)Cl.S.S. The quantitative estimate of drug-likeness (QED) is 0.523. The topological polar surface area (TPSA) is 37.3 Å². The molecular weight excluding hydrogens is 144 g/mol. The summed E-state index contributed by atoms with van der Waals surface area (Å²) in [6, 6.07) is 0. The van der Waals surface area contributed by atoms with Crippen LogP contribution >= 0.6 is 38.6 Å². The van der Waals surface area contributed by atoms with Crippen molar-refractivity contribution >= 4 is 44.0 Å². The number of hydrogen-bond acceptors (Lipinski definition) is 1. The Kier molecular flexibility index (Phi) is 24.3. The molecule has 1 N–H and O–H groups in total. The Morgan fingerprint density at radius 2 is 1.50 bits per heavy atom. The third kappa shape index (κ3) is 252. The minimum absolute atomic E-state index is 0. The second-order valence-electron chi connectivity index (χ2n) is 0.253. The molecule has 0 aromatic carbocycles. The molecule has 0 aliphatic heterocycles. The van der Waals surface area contributed by atoms with E-state index in [1.807, 2.05) is 0 Å². The molecular formula is CH5ClO2S2. The van der Waals surface area contributed by atoms with Crippen LogP contribution in [0, 0.1) is 0 Å². The first kappa shape index (κ1) is 16.1. The maximum absolute atomic E-state index is 8.77. The normalized spacial score (nSPS) is 4.17. The zero-order valence-corrected chi connectivity index (χ0v) is 5.49. The summed E-state index contributed by atoms with van der Waals surface area (Å²) in [7, 11) is 0. The Bertz CT molecular complexity index is 34.5. The lowest BCUT2D eigenvalue weighted by Crippen LogP contribution is -1.66. The molecule has 6 heavy (non-hydrogen) atoms. The van der Waals surface area contributed by atoms with Crippen molar-refractivity contribution in [3.8, 4) is 0 Å². The lowest BCUT2D eigenvalue weighted by molar-refractivity contribution is 0.220. The second kappa shape index (κ2) is 9.07. The molecule has 0 rings (SSSR count). The summed E-state index contributed by atoms with van der Waals surface area (Å²) in [6.07, 6.45) is 0. The van der Waals surface area contributed by atoms with Crippen molar-refractivity contribution < 1.29 is 9.90 Å². The van der Waals surface area contributed by atoms with E-state index in [1.165, 1.54) is 0 Å². The molecule has 0 aromatic heterocycles. The monoisotopic (exact) mass is 148 g/mol. The van der Waals surface area contributed by atoms with Gasteiger partial charge in [-0.15, -0.1) is 0 Å². The predicted molar refractivity (Wildman–Crippen MR) is 34.6 cm³/mol. The third-order valence-corrected chi connectivity index (χ3v) is 0. The minimum atomic E-state index is -1.36. The van der Waals surface area contributed by atoms with Crippen molar-refractivity contribution in [1.82, 2.24) is 0 Å². The number of carbonyl (C=O) groups is 1. The second-order valence-corrected chi connectivity index (χ2v) is 0.576. The van der Waals surface area contributed by atoms with Crippen molar-refractivity contribution in [2.45, 2.75) is 0 Å². The van der Waals surface area contributed by atoms with Crippen LogP contribution in [-0.2, 0) is 0 Å². The molecule has 0 heterocycles. The van der Waals surface area contributed by atoms with Crippen LogP contribution in [0.4, 0.5) is 4.79 Å². The zero-order chi connectivity index (χ0) is 3.58. The van der Waals surface area contributed by atoms with E-state index in [-0.39, 0.29) is 27.0 Å². The van der Waals surface area contributed by atoms with Crippen molar-refractivity contribution in [2.24, 2.45) is 0 Å². The van der Waals surface area contributed by atoms with Crippen LogP contribution in [0.2, 0.25) is 0 Å². The highest BCUT2D eigenvalue weighted by Gasteiger charge is 1.71. The molecule has 40 valence electrons. The van der Waals surface area contributed by atoms with E-state index < -0.39 is 5.43 Å². The molecule has 0 amide bonds. The van der Waals surface area contributed by atoms with Crippen LogP contribution in [0.15, 0.2) is 0 Å². The molecule has 0 bridgehead atoms. The van der Waals surface area contributed by atoms with E-state index >= 15 is 0 Å². The van der Waals surface area contributed by atoms with Crippen LogP contribution < -0.4 is 0 Å². The van der Waals surface area contributed by atoms with Crippen LogP contribution in [0.5, 0.6) is 0 Å². The Balaban J connectivity index is -0.0000000450. The van der Waals surface area contributed by atoms with E-state index in [9.17, 15) is 0 Å². The number of halogens is 1. The Labute approximate surface area is 54.4 Å².